The number of likely N-dealkylation sites (N-methyl/N-ethyl adjacent to an activating group) is 1. The van der Waals surface area contributed by atoms with Gasteiger partial charge in [-0.2, -0.15) is 5.10 Å². The fraction of sp³-hybridized carbons (Fsp3) is 0.0833. The van der Waals surface area contributed by atoms with Gasteiger partial charge < -0.3 is 16.0 Å². The molecular weight excluding hydrogens is 450 g/mol. The first-order chi connectivity index (χ1) is 16.8. The Balaban J connectivity index is 1.42. The van der Waals surface area contributed by atoms with Crippen molar-refractivity contribution in [2.24, 2.45) is 5.73 Å². The van der Waals surface area contributed by atoms with E-state index >= 15 is 0 Å². The number of nitrogens with zero attached hydrogens (tertiary/aromatic N) is 5. The van der Waals surface area contributed by atoms with Crippen LogP contribution in [0.4, 0.5) is 16.2 Å². The van der Waals surface area contributed by atoms with Gasteiger partial charge in [-0.05, 0) is 36.4 Å². The summed E-state index contributed by atoms with van der Waals surface area (Å²) in [6.07, 6.45) is 3.08. The Kier molecular flexibility index (Phi) is 5.21. The minimum atomic E-state index is -0.599. The van der Waals surface area contributed by atoms with Crippen LogP contribution in [0.15, 0.2) is 67.0 Å². The normalized spacial score (nSPS) is 13.5. The van der Waals surface area contributed by atoms with E-state index in [2.05, 4.69) is 15.4 Å². The number of carbonyl (C=O) groups excluding carboxylic acids is 4. The number of hydrogen-bond donors (Lipinski definition) is 2. The topological polar surface area (TPSA) is 143 Å². The molecule has 0 saturated carbocycles. The van der Waals surface area contributed by atoms with Crippen molar-refractivity contribution < 1.29 is 19.2 Å². The molecule has 0 bridgehead atoms. The quantitative estimate of drug-likeness (QED) is 0.429. The molecule has 1 aliphatic rings. The van der Waals surface area contributed by atoms with E-state index in [0.717, 1.165) is 10.5 Å². The molecule has 5 amide bonds. The van der Waals surface area contributed by atoms with Crippen LogP contribution < -0.4 is 16.0 Å². The van der Waals surface area contributed by atoms with Crippen LogP contribution in [0, 0.1) is 0 Å². The molecule has 5 rings (SSSR count). The van der Waals surface area contributed by atoms with Crippen LogP contribution in [0.25, 0.3) is 16.8 Å². The third-order valence-electron chi connectivity index (χ3n) is 5.57. The molecule has 1 saturated heterocycles. The number of imide groups is 1. The van der Waals surface area contributed by atoms with Crippen molar-refractivity contribution in [2.75, 3.05) is 23.8 Å². The van der Waals surface area contributed by atoms with Gasteiger partial charge in [-0.25, -0.2) is 19.2 Å². The Hall–Kier alpha value is -5.06. The van der Waals surface area contributed by atoms with Crippen molar-refractivity contribution in [3.63, 3.8) is 0 Å². The molecule has 0 aliphatic carbocycles. The van der Waals surface area contributed by atoms with E-state index in [1.54, 1.807) is 61.8 Å². The summed E-state index contributed by atoms with van der Waals surface area (Å²) in [4.78, 5) is 55.4. The highest BCUT2D eigenvalue weighted by Gasteiger charge is 2.34. The molecule has 0 spiro atoms. The SMILES string of the molecule is CN1CC(=O)N(c2ccc(-c3cc4c(C(=O)Nc5cccc(C(N)=O)c5)nccn4n3)cc2)C1=O. The number of carbonyl (C=O) groups is 4. The van der Waals surface area contributed by atoms with Crippen LogP contribution in [0.5, 0.6) is 0 Å². The fourth-order valence-corrected chi connectivity index (χ4v) is 3.83. The summed E-state index contributed by atoms with van der Waals surface area (Å²) in [7, 11) is 1.57. The maximum atomic E-state index is 12.9. The molecule has 11 heteroatoms. The van der Waals surface area contributed by atoms with Gasteiger partial charge in [0.2, 0.25) is 5.91 Å². The summed E-state index contributed by atoms with van der Waals surface area (Å²) in [5.41, 5.74) is 8.37. The lowest BCUT2D eigenvalue weighted by atomic mass is 10.1. The van der Waals surface area contributed by atoms with Crippen LogP contribution >= 0.6 is 0 Å². The second kappa shape index (κ2) is 8.37. The largest absolute Gasteiger partial charge is 0.366 e. The second-order valence-electron chi connectivity index (χ2n) is 7.95. The first-order valence-electron chi connectivity index (χ1n) is 10.6. The van der Waals surface area contributed by atoms with Gasteiger partial charge in [-0.3, -0.25) is 14.4 Å². The number of fused-ring (bicyclic) bond motifs is 1. The maximum Gasteiger partial charge on any atom is 0.331 e. The zero-order valence-corrected chi connectivity index (χ0v) is 18.5. The molecule has 0 unspecified atom stereocenters. The number of hydrogen-bond acceptors (Lipinski definition) is 6. The van der Waals surface area contributed by atoms with Gasteiger partial charge in [0.25, 0.3) is 11.8 Å². The summed E-state index contributed by atoms with van der Waals surface area (Å²) in [6.45, 7) is 0.0394. The zero-order chi connectivity index (χ0) is 24.7. The number of benzene rings is 2. The number of rotatable bonds is 5. The van der Waals surface area contributed by atoms with Crippen molar-refractivity contribution in [3.8, 4) is 11.3 Å². The standard InChI is InChI=1S/C24H19N7O4/c1-29-13-20(32)31(24(29)35)17-7-5-14(6-8-17)18-12-19-21(26-9-10-30(19)28-18)23(34)27-16-4-2-3-15(11-16)22(25)33/h2-12H,13H2,1H3,(H2,25,33)(H,27,34). The molecule has 11 nitrogen and oxygen atoms in total. The molecule has 0 radical (unpaired) electrons. The monoisotopic (exact) mass is 469 g/mol. The van der Waals surface area contributed by atoms with Gasteiger partial charge >= 0.3 is 6.03 Å². The maximum absolute atomic E-state index is 12.9. The van der Waals surface area contributed by atoms with Gasteiger partial charge in [-0.15, -0.1) is 0 Å². The molecule has 4 aromatic rings. The Bertz CT molecular complexity index is 1510. The minimum Gasteiger partial charge on any atom is -0.366 e. The average molecular weight is 469 g/mol. The van der Waals surface area contributed by atoms with E-state index < -0.39 is 11.8 Å². The fourth-order valence-electron chi connectivity index (χ4n) is 3.83. The van der Waals surface area contributed by atoms with E-state index in [1.165, 1.54) is 21.7 Å². The number of nitrogens with one attached hydrogen (secondary N) is 1. The predicted molar refractivity (Wildman–Crippen MR) is 127 cm³/mol. The third kappa shape index (κ3) is 3.95. The van der Waals surface area contributed by atoms with E-state index in [0.29, 0.717) is 22.6 Å². The van der Waals surface area contributed by atoms with Gasteiger partial charge in [0.05, 0.1) is 16.9 Å². The van der Waals surface area contributed by atoms with Crippen molar-refractivity contribution >= 4 is 40.6 Å². The highest BCUT2D eigenvalue weighted by molar-refractivity contribution is 6.19. The molecule has 35 heavy (non-hydrogen) atoms. The third-order valence-corrected chi connectivity index (χ3v) is 5.57. The molecule has 1 aliphatic heterocycles. The molecule has 174 valence electrons. The van der Waals surface area contributed by atoms with Gasteiger partial charge in [-0.1, -0.05) is 18.2 Å². The Labute approximate surface area is 198 Å². The molecule has 3 heterocycles. The lowest BCUT2D eigenvalue weighted by Gasteiger charge is -2.14. The van der Waals surface area contributed by atoms with Crippen LogP contribution in [-0.2, 0) is 4.79 Å². The highest BCUT2D eigenvalue weighted by atomic mass is 16.2. The molecule has 2 aromatic heterocycles. The number of anilines is 2. The molecule has 1 fully saturated rings. The number of amides is 5. The molecule has 3 N–H and O–H groups in total. The number of nitrogens with two attached hydrogens (primary N) is 1. The van der Waals surface area contributed by atoms with Gasteiger partial charge in [0.1, 0.15) is 6.54 Å². The lowest BCUT2D eigenvalue weighted by Crippen LogP contribution is -2.31. The Morgan fingerprint density at radius 2 is 1.83 bits per heavy atom. The van der Waals surface area contributed by atoms with Gasteiger partial charge in [0, 0.05) is 36.3 Å². The van der Waals surface area contributed by atoms with Crippen molar-refractivity contribution in [3.05, 3.63) is 78.2 Å². The van der Waals surface area contributed by atoms with E-state index in [4.69, 9.17) is 5.73 Å². The van der Waals surface area contributed by atoms with E-state index in [1.807, 2.05) is 0 Å². The number of urea groups is 1. The summed E-state index contributed by atoms with van der Waals surface area (Å²) in [6, 6.07) is 14.5. The Morgan fingerprint density at radius 1 is 1.06 bits per heavy atom. The summed E-state index contributed by atoms with van der Waals surface area (Å²) < 4.78 is 1.54. The van der Waals surface area contributed by atoms with Crippen molar-refractivity contribution in [2.45, 2.75) is 0 Å². The molecular formula is C24H19N7O4. The predicted octanol–water partition coefficient (Wildman–Crippen LogP) is 2.15. The Morgan fingerprint density at radius 3 is 2.51 bits per heavy atom. The number of primary amides is 1. The zero-order valence-electron chi connectivity index (χ0n) is 18.5. The van der Waals surface area contributed by atoms with Crippen LogP contribution in [0.2, 0.25) is 0 Å². The minimum absolute atomic E-state index is 0.0394. The van der Waals surface area contributed by atoms with Gasteiger partial charge in [0.15, 0.2) is 5.69 Å². The van der Waals surface area contributed by atoms with E-state index in [-0.39, 0.29) is 29.7 Å². The van der Waals surface area contributed by atoms with Crippen molar-refractivity contribution in [1.82, 2.24) is 19.5 Å². The first-order valence-corrected chi connectivity index (χ1v) is 10.6. The smallest absolute Gasteiger partial charge is 0.331 e. The lowest BCUT2D eigenvalue weighted by molar-refractivity contribution is -0.116. The van der Waals surface area contributed by atoms with Crippen molar-refractivity contribution in [1.29, 1.82) is 0 Å². The van der Waals surface area contributed by atoms with Crippen LogP contribution in [0.1, 0.15) is 20.8 Å². The highest BCUT2D eigenvalue weighted by Crippen LogP contribution is 2.26. The number of aromatic nitrogens is 3. The first kappa shape index (κ1) is 21.8. The van der Waals surface area contributed by atoms with E-state index in [9.17, 15) is 19.2 Å². The second-order valence-corrected chi connectivity index (χ2v) is 7.95. The van der Waals surface area contributed by atoms with Crippen LogP contribution in [0.3, 0.4) is 0 Å². The molecule has 0 atom stereocenters. The average Bonchev–Trinajstić information content (AvgIpc) is 3.39. The molecule has 2 aromatic carbocycles. The van der Waals surface area contributed by atoms with Crippen LogP contribution in [-0.4, -0.2) is 56.8 Å². The summed E-state index contributed by atoms with van der Waals surface area (Å²) in [5, 5.41) is 7.24. The summed E-state index contributed by atoms with van der Waals surface area (Å²) >= 11 is 0. The summed E-state index contributed by atoms with van der Waals surface area (Å²) in [5.74, 6) is -1.37.